The molecule has 0 bridgehead atoms. The third-order valence-electron chi connectivity index (χ3n) is 4.39. The SMILES string of the molecule is NC(=O)c1c(NC(=O)COC(=O)CCCSc2ccc(Cl)cc2)sc2c1CCC2. The molecule has 3 N–H and O–H groups in total. The summed E-state index contributed by atoms with van der Waals surface area (Å²) in [6, 6.07) is 7.50. The van der Waals surface area contributed by atoms with Crippen LogP contribution in [-0.2, 0) is 27.2 Å². The molecule has 9 heteroatoms. The van der Waals surface area contributed by atoms with Crippen LogP contribution in [0.5, 0.6) is 0 Å². The zero-order valence-electron chi connectivity index (χ0n) is 15.7. The minimum Gasteiger partial charge on any atom is -0.456 e. The summed E-state index contributed by atoms with van der Waals surface area (Å²) in [5.41, 5.74) is 6.80. The highest BCUT2D eigenvalue weighted by atomic mass is 35.5. The van der Waals surface area contributed by atoms with Crippen molar-refractivity contribution in [2.75, 3.05) is 17.7 Å². The number of nitrogens with two attached hydrogens (primary N) is 1. The van der Waals surface area contributed by atoms with Crippen molar-refractivity contribution in [1.82, 2.24) is 0 Å². The van der Waals surface area contributed by atoms with Crippen LogP contribution < -0.4 is 11.1 Å². The van der Waals surface area contributed by atoms with Gasteiger partial charge in [-0.1, -0.05) is 11.6 Å². The van der Waals surface area contributed by atoms with Crippen molar-refractivity contribution in [2.24, 2.45) is 5.73 Å². The normalized spacial score (nSPS) is 12.4. The molecule has 0 saturated heterocycles. The number of hydrogen-bond acceptors (Lipinski definition) is 6. The Balaban J connectivity index is 1.39. The number of hydrogen-bond donors (Lipinski definition) is 2. The molecule has 29 heavy (non-hydrogen) atoms. The molecule has 3 rings (SSSR count). The molecule has 154 valence electrons. The van der Waals surface area contributed by atoms with Crippen LogP contribution in [0.15, 0.2) is 29.2 Å². The van der Waals surface area contributed by atoms with Crippen LogP contribution in [0, 0.1) is 0 Å². The molecule has 1 aromatic carbocycles. The maximum atomic E-state index is 12.1. The van der Waals surface area contributed by atoms with Crippen molar-refractivity contribution in [1.29, 1.82) is 0 Å². The zero-order valence-corrected chi connectivity index (χ0v) is 18.1. The van der Waals surface area contributed by atoms with E-state index in [0.29, 0.717) is 22.0 Å². The van der Waals surface area contributed by atoms with Gasteiger partial charge in [0.25, 0.3) is 11.8 Å². The number of ether oxygens (including phenoxy) is 1. The van der Waals surface area contributed by atoms with Crippen LogP contribution in [0.3, 0.4) is 0 Å². The minimum absolute atomic E-state index is 0.230. The lowest BCUT2D eigenvalue weighted by molar-refractivity contribution is -0.147. The van der Waals surface area contributed by atoms with E-state index in [0.717, 1.165) is 40.4 Å². The monoisotopic (exact) mass is 452 g/mol. The maximum Gasteiger partial charge on any atom is 0.306 e. The fourth-order valence-corrected chi connectivity index (χ4v) is 5.36. The predicted octanol–water partition coefficient (Wildman–Crippen LogP) is 4.04. The van der Waals surface area contributed by atoms with Gasteiger partial charge < -0.3 is 15.8 Å². The molecular weight excluding hydrogens is 432 g/mol. The van der Waals surface area contributed by atoms with E-state index in [-0.39, 0.29) is 13.0 Å². The molecule has 0 fully saturated rings. The smallest absolute Gasteiger partial charge is 0.306 e. The predicted molar refractivity (Wildman–Crippen MR) is 116 cm³/mol. The number of carbonyl (C=O) groups is 3. The van der Waals surface area contributed by atoms with E-state index in [1.165, 1.54) is 11.3 Å². The maximum absolute atomic E-state index is 12.1. The van der Waals surface area contributed by atoms with E-state index >= 15 is 0 Å². The van der Waals surface area contributed by atoms with Crippen LogP contribution in [0.25, 0.3) is 0 Å². The van der Waals surface area contributed by atoms with Crippen molar-refractivity contribution in [3.63, 3.8) is 0 Å². The average molecular weight is 453 g/mol. The van der Waals surface area contributed by atoms with Gasteiger partial charge in [0, 0.05) is 21.2 Å². The third kappa shape index (κ3) is 5.98. The summed E-state index contributed by atoms with van der Waals surface area (Å²) >= 11 is 8.84. The Morgan fingerprint density at radius 2 is 1.97 bits per heavy atom. The van der Waals surface area contributed by atoms with E-state index in [4.69, 9.17) is 22.1 Å². The van der Waals surface area contributed by atoms with Crippen molar-refractivity contribution in [3.8, 4) is 0 Å². The first kappa shape index (κ1) is 21.7. The Kier molecular flexibility index (Phi) is 7.57. The number of amides is 2. The fourth-order valence-electron chi connectivity index (χ4n) is 3.07. The van der Waals surface area contributed by atoms with Gasteiger partial charge in [-0.15, -0.1) is 23.1 Å². The first-order chi connectivity index (χ1) is 13.9. The highest BCUT2D eigenvalue weighted by molar-refractivity contribution is 7.99. The number of benzene rings is 1. The summed E-state index contributed by atoms with van der Waals surface area (Å²) in [6.07, 6.45) is 3.54. The second kappa shape index (κ2) is 10.1. The fraction of sp³-hybridized carbons (Fsp3) is 0.350. The quantitative estimate of drug-likeness (QED) is 0.340. The summed E-state index contributed by atoms with van der Waals surface area (Å²) in [6.45, 7) is -0.385. The summed E-state index contributed by atoms with van der Waals surface area (Å²) in [7, 11) is 0. The zero-order chi connectivity index (χ0) is 20.8. The largest absolute Gasteiger partial charge is 0.456 e. The first-order valence-electron chi connectivity index (χ1n) is 9.22. The van der Waals surface area contributed by atoms with Gasteiger partial charge in [0.2, 0.25) is 0 Å². The van der Waals surface area contributed by atoms with Crippen molar-refractivity contribution in [3.05, 3.63) is 45.3 Å². The number of halogens is 1. The second-order valence-electron chi connectivity index (χ2n) is 6.54. The van der Waals surface area contributed by atoms with Gasteiger partial charge in [0.1, 0.15) is 5.00 Å². The number of nitrogens with one attached hydrogen (secondary N) is 1. The standard InChI is InChI=1S/C20H21ClN2O4S2/c21-12-6-8-13(9-7-12)28-10-2-5-17(25)27-11-16(24)23-20-18(19(22)26)14-3-1-4-15(14)29-20/h6-9H,1-5,10-11H2,(H2,22,26)(H,23,24). The lowest BCUT2D eigenvalue weighted by atomic mass is 10.1. The second-order valence-corrected chi connectivity index (χ2v) is 9.25. The number of thiophene rings is 1. The minimum atomic E-state index is -0.546. The van der Waals surface area contributed by atoms with Gasteiger partial charge in [-0.2, -0.15) is 0 Å². The Bertz CT molecular complexity index is 912. The summed E-state index contributed by atoms with van der Waals surface area (Å²) in [5, 5.41) is 3.79. The molecule has 1 aliphatic rings. The van der Waals surface area contributed by atoms with Gasteiger partial charge in [0.15, 0.2) is 6.61 Å². The molecule has 1 aliphatic carbocycles. The number of thioether (sulfide) groups is 1. The van der Waals surface area contributed by atoms with Crippen LogP contribution in [-0.4, -0.2) is 30.1 Å². The summed E-state index contributed by atoms with van der Waals surface area (Å²) in [5.74, 6) is -0.696. The van der Waals surface area contributed by atoms with Gasteiger partial charge in [-0.3, -0.25) is 14.4 Å². The van der Waals surface area contributed by atoms with Gasteiger partial charge >= 0.3 is 5.97 Å². The molecule has 1 aromatic heterocycles. The van der Waals surface area contributed by atoms with Crippen molar-refractivity contribution < 1.29 is 19.1 Å². The Morgan fingerprint density at radius 1 is 1.21 bits per heavy atom. The van der Waals surface area contributed by atoms with E-state index in [2.05, 4.69) is 5.32 Å². The molecule has 0 atom stereocenters. The first-order valence-corrected chi connectivity index (χ1v) is 11.4. The summed E-state index contributed by atoms with van der Waals surface area (Å²) in [4.78, 5) is 37.9. The molecule has 2 aromatic rings. The highest BCUT2D eigenvalue weighted by Gasteiger charge is 2.26. The molecule has 6 nitrogen and oxygen atoms in total. The van der Waals surface area contributed by atoms with Gasteiger partial charge in [-0.25, -0.2) is 0 Å². The number of aryl methyl sites for hydroxylation is 1. The van der Waals surface area contributed by atoms with Crippen LogP contribution in [0.2, 0.25) is 5.02 Å². The number of primary amides is 1. The Hall–Kier alpha value is -2.03. The average Bonchev–Trinajstić information content (AvgIpc) is 3.25. The molecule has 0 saturated carbocycles. The number of esters is 1. The Labute approximate surface area is 182 Å². The molecule has 0 radical (unpaired) electrons. The van der Waals surface area contributed by atoms with Crippen molar-refractivity contribution in [2.45, 2.75) is 37.0 Å². The third-order valence-corrected chi connectivity index (χ3v) is 6.95. The molecule has 0 spiro atoms. The van der Waals surface area contributed by atoms with E-state index in [9.17, 15) is 14.4 Å². The van der Waals surface area contributed by atoms with Crippen LogP contribution >= 0.6 is 34.7 Å². The van der Waals surface area contributed by atoms with Crippen molar-refractivity contribution >= 4 is 57.5 Å². The highest BCUT2D eigenvalue weighted by Crippen LogP contribution is 2.38. The number of carbonyl (C=O) groups excluding carboxylic acids is 3. The molecule has 2 amide bonds. The summed E-state index contributed by atoms with van der Waals surface area (Å²) < 4.78 is 5.03. The molecule has 0 aliphatic heterocycles. The van der Waals surface area contributed by atoms with E-state index < -0.39 is 17.8 Å². The molecule has 1 heterocycles. The Morgan fingerprint density at radius 3 is 2.69 bits per heavy atom. The van der Waals surface area contributed by atoms with Crippen LogP contribution in [0.1, 0.15) is 40.1 Å². The van der Waals surface area contributed by atoms with Crippen LogP contribution in [0.4, 0.5) is 5.00 Å². The van der Waals surface area contributed by atoms with Gasteiger partial charge in [0.05, 0.1) is 5.56 Å². The number of anilines is 1. The van der Waals surface area contributed by atoms with Gasteiger partial charge in [-0.05, 0) is 61.3 Å². The topological polar surface area (TPSA) is 98.5 Å². The molecule has 0 unspecified atom stereocenters. The number of fused-ring (bicyclic) bond motifs is 1. The lowest BCUT2D eigenvalue weighted by Crippen LogP contribution is -2.22. The van der Waals surface area contributed by atoms with E-state index in [1.807, 2.05) is 24.3 Å². The number of rotatable bonds is 9. The molecular formula is C20H21ClN2O4S2. The van der Waals surface area contributed by atoms with E-state index in [1.54, 1.807) is 11.8 Å². The lowest BCUT2D eigenvalue weighted by Gasteiger charge is -2.07.